The second-order valence-corrected chi connectivity index (χ2v) is 3.24. The minimum Gasteiger partial charge on any atom is -0.392 e. The molecule has 0 aliphatic carbocycles. The average Bonchev–Trinajstić information content (AvgIpc) is 2.18. The number of nitrogen functional groups attached to an aromatic ring is 1. The number of unbranched alkanes of at least 4 members (excludes halogenated alkanes) is 1. The van der Waals surface area contributed by atoms with Gasteiger partial charge in [-0.15, -0.1) is 6.58 Å². The van der Waals surface area contributed by atoms with Crippen molar-refractivity contribution in [2.24, 2.45) is 0 Å². The van der Waals surface area contributed by atoms with Gasteiger partial charge < -0.3 is 5.73 Å². The number of hydrogen-bond donors (Lipinski definition) is 1. The molecule has 0 atom stereocenters. The van der Waals surface area contributed by atoms with Crippen LogP contribution in [0.2, 0.25) is 5.15 Å². The maximum atomic E-state index is 11.5. The number of anilines is 1. The van der Waals surface area contributed by atoms with Crippen molar-refractivity contribution in [1.29, 1.82) is 0 Å². The minimum atomic E-state index is -0.283. The van der Waals surface area contributed by atoms with Crippen LogP contribution in [-0.4, -0.2) is 9.55 Å². The van der Waals surface area contributed by atoms with Crippen molar-refractivity contribution in [2.75, 3.05) is 5.73 Å². The molecule has 0 unspecified atom stereocenters. The van der Waals surface area contributed by atoms with Crippen molar-refractivity contribution in [3.63, 3.8) is 0 Å². The molecule has 0 saturated heterocycles. The Morgan fingerprint density at radius 1 is 1.71 bits per heavy atom. The van der Waals surface area contributed by atoms with Crippen molar-refractivity contribution < 1.29 is 0 Å². The summed E-state index contributed by atoms with van der Waals surface area (Å²) >= 11 is 5.58. The highest BCUT2D eigenvalue weighted by Gasteiger charge is 2.04. The van der Waals surface area contributed by atoms with Gasteiger partial charge in [-0.1, -0.05) is 17.7 Å². The van der Waals surface area contributed by atoms with Crippen LogP contribution in [0.5, 0.6) is 0 Å². The molecule has 0 bridgehead atoms. The Kier molecular flexibility index (Phi) is 3.71. The first-order valence-corrected chi connectivity index (χ1v) is 4.66. The number of aromatic nitrogens is 2. The molecule has 0 saturated carbocycles. The third kappa shape index (κ3) is 2.35. The lowest BCUT2D eigenvalue weighted by Crippen LogP contribution is -2.23. The van der Waals surface area contributed by atoms with Gasteiger partial charge in [0.2, 0.25) is 0 Å². The van der Waals surface area contributed by atoms with E-state index in [1.54, 1.807) is 6.08 Å². The predicted molar refractivity (Wildman–Crippen MR) is 57.4 cm³/mol. The molecule has 0 aromatic carbocycles. The second kappa shape index (κ2) is 4.81. The Balaban J connectivity index is 2.83. The van der Waals surface area contributed by atoms with Gasteiger partial charge in [-0.25, -0.2) is 4.98 Å². The Hall–Kier alpha value is -1.29. The largest absolute Gasteiger partial charge is 0.392 e. The minimum absolute atomic E-state index is 0.00719. The van der Waals surface area contributed by atoms with Gasteiger partial charge in [-0.3, -0.25) is 9.36 Å². The molecule has 0 fully saturated rings. The Morgan fingerprint density at radius 2 is 2.43 bits per heavy atom. The van der Waals surface area contributed by atoms with Gasteiger partial charge in [0, 0.05) is 6.54 Å². The number of halogens is 1. The van der Waals surface area contributed by atoms with Gasteiger partial charge >= 0.3 is 0 Å². The van der Waals surface area contributed by atoms with E-state index < -0.39 is 0 Å². The lowest BCUT2D eigenvalue weighted by atomic mass is 10.3. The first-order chi connectivity index (χ1) is 6.66. The van der Waals surface area contributed by atoms with E-state index in [1.807, 2.05) is 0 Å². The quantitative estimate of drug-likeness (QED) is 0.468. The van der Waals surface area contributed by atoms with Gasteiger partial charge in [0.25, 0.3) is 5.56 Å². The normalized spacial score (nSPS) is 10.1. The van der Waals surface area contributed by atoms with Crippen molar-refractivity contribution >= 4 is 17.3 Å². The average molecular weight is 214 g/mol. The van der Waals surface area contributed by atoms with Crippen LogP contribution in [-0.2, 0) is 6.54 Å². The molecule has 14 heavy (non-hydrogen) atoms. The lowest BCUT2D eigenvalue weighted by Gasteiger charge is -2.04. The molecule has 0 amide bonds. The Bertz CT molecular complexity index is 386. The second-order valence-electron chi connectivity index (χ2n) is 2.88. The van der Waals surface area contributed by atoms with Crippen molar-refractivity contribution in [1.82, 2.24) is 9.55 Å². The SMILES string of the molecule is C=CCCCn1cnc(Cl)c(N)c1=O. The maximum absolute atomic E-state index is 11.5. The fraction of sp³-hybridized carbons (Fsp3) is 0.333. The first kappa shape index (κ1) is 10.8. The van der Waals surface area contributed by atoms with E-state index in [0.717, 1.165) is 12.8 Å². The first-order valence-electron chi connectivity index (χ1n) is 4.28. The van der Waals surface area contributed by atoms with E-state index in [1.165, 1.54) is 10.9 Å². The highest BCUT2D eigenvalue weighted by atomic mass is 35.5. The van der Waals surface area contributed by atoms with Crippen LogP contribution in [0.1, 0.15) is 12.8 Å². The van der Waals surface area contributed by atoms with Gasteiger partial charge in [-0.05, 0) is 12.8 Å². The summed E-state index contributed by atoms with van der Waals surface area (Å²) in [5, 5.41) is 0.0648. The summed E-state index contributed by atoms with van der Waals surface area (Å²) in [5.74, 6) is 0. The van der Waals surface area contributed by atoms with Crippen molar-refractivity contribution in [3.8, 4) is 0 Å². The van der Waals surface area contributed by atoms with Crippen LogP contribution in [0.4, 0.5) is 5.69 Å². The monoisotopic (exact) mass is 213 g/mol. The third-order valence-electron chi connectivity index (χ3n) is 1.83. The summed E-state index contributed by atoms with van der Waals surface area (Å²) in [6, 6.07) is 0. The number of aryl methyl sites for hydroxylation is 1. The topological polar surface area (TPSA) is 60.9 Å². The molecule has 1 heterocycles. The molecular weight excluding hydrogens is 202 g/mol. The van der Waals surface area contributed by atoms with E-state index in [-0.39, 0.29) is 16.4 Å². The highest BCUT2D eigenvalue weighted by Crippen LogP contribution is 2.08. The van der Waals surface area contributed by atoms with Crippen LogP contribution in [0.15, 0.2) is 23.8 Å². The molecule has 5 heteroatoms. The van der Waals surface area contributed by atoms with Gasteiger partial charge in [-0.2, -0.15) is 0 Å². The van der Waals surface area contributed by atoms with Crippen molar-refractivity contribution in [2.45, 2.75) is 19.4 Å². The Morgan fingerprint density at radius 3 is 3.07 bits per heavy atom. The highest BCUT2D eigenvalue weighted by molar-refractivity contribution is 6.31. The van der Waals surface area contributed by atoms with Crippen LogP contribution in [0.3, 0.4) is 0 Å². The van der Waals surface area contributed by atoms with Crippen molar-refractivity contribution in [3.05, 3.63) is 34.5 Å². The summed E-state index contributed by atoms with van der Waals surface area (Å²) in [5.41, 5.74) is 5.16. The molecule has 4 nitrogen and oxygen atoms in total. The summed E-state index contributed by atoms with van der Waals surface area (Å²) in [7, 11) is 0. The molecule has 1 aromatic heterocycles. The molecule has 0 radical (unpaired) electrons. The molecule has 0 aliphatic heterocycles. The molecule has 2 N–H and O–H groups in total. The zero-order valence-electron chi connectivity index (χ0n) is 7.74. The zero-order valence-corrected chi connectivity index (χ0v) is 8.50. The number of allylic oxidation sites excluding steroid dienone is 1. The molecule has 0 aliphatic rings. The fourth-order valence-electron chi connectivity index (χ4n) is 1.05. The van der Waals surface area contributed by atoms with Gasteiger partial charge in [0.15, 0.2) is 5.15 Å². The number of hydrogen-bond acceptors (Lipinski definition) is 3. The van der Waals surface area contributed by atoms with E-state index in [9.17, 15) is 4.79 Å². The third-order valence-corrected chi connectivity index (χ3v) is 2.13. The zero-order chi connectivity index (χ0) is 10.6. The lowest BCUT2D eigenvalue weighted by molar-refractivity contribution is 0.619. The van der Waals surface area contributed by atoms with Crippen LogP contribution >= 0.6 is 11.6 Å². The molecular formula is C9H12ClN3O. The van der Waals surface area contributed by atoms with E-state index >= 15 is 0 Å². The summed E-state index contributed by atoms with van der Waals surface area (Å²) in [4.78, 5) is 15.3. The summed E-state index contributed by atoms with van der Waals surface area (Å²) in [6.45, 7) is 4.18. The molecule has 76 valence electrons. The van der Waals surface area contributed by atoms with Crippen LogP contribution in [0.25, 0.3) is 0 Å². The Labute approximate surface area is 87.0 Å². The van der Waals surface area contributed by atoms with Crippen LogP contribution in [0, 0.1) is 0 Å². The summed E-state index contributed by atoms with van der Waals surface area (Å²) < 4.78 is 1.45. The van der Waals surface area contributed by atoms with Crippen LogP contribution < -0.4 is 11.3 Å². The number of rotatable bonds is 4. The standard InChI is InChI=1S/C9H12ClN3O/c1-2-3-4-5-13-6-12-8(10)7(11)9(13)14/h2,6H,1,3-5,11H2. The maximum Gasteiger partial charge on any atom is 0.278 e. The fourth-order valence-corrected chi connectivity index (χ4v) is 1.18. The van der Waals surface area contributed by atoms with Gasteiger partial charge in [0.1, 0.15) is 5.69 Å². The summed E-state index contributed by atoms with van der Waals surface area (Å²) in [6.07, 6.45) is 4.91. The molecule has 1 rings (SSSR count). The number of nitrogens with zero attached hydrogens (tertiary/aromatic N) is 2. The predicted octanol–water partition coefficient (Wildman–Crippen LogP) is 1.45. The number of nitrogens with two attached hydrogens (primary N) is 1. The van der Waals surface area contributed by atoms with E-state index in [0.29, 0.717) is 6.54 Å². The molecule has 1 aromatic rings. The van der Waals surface area contributed by atoms with Gasteiger partial charge in [0.05, 0.1) is 6.33 Å². The van der Waals surface area contributed by atoms with E-state index in [4.69, 9.17) is 17.3 Å². The molecule has 0 spiro atoms. The van der Waals surface area contributed by atoms with E-state index in [2.05, 4.69) is 11.6 Å². The smallest absolute Gasteiger partial charge is 0.278 e.